The number of nitrogens with zero attached hydrogens (tertiary/aromatic N) is 2. The van der Waals surface area contributed by atoms with Gasteiger partial charge in [0.05, 0.1) is 19.8 Å². The normalized spacial score (nSPS) is 21.8. The molecule has 0 N–H and O–H groups in total. The van der Waals surface area contributed by atoms with Crippen LogP contribution in [0.1, 0.15) is 44.7 Å². The van der Waals surface area contributed by atoms with Gasteiger partial charge in [0, 0.05) is 29.5 Å². The lowest BCUT2D eigenvalue weighted by Gasteiger charge is -2.33. The van der Waals surface area contributed by atoms with Gasteiger partial charge in [0.1, 0.15) is 5.92 Å². The first-order chi connectivity index (χ1) is 18.8. The minimum atomic E-state index is -1.25. The van der Waals surface area contributed by atoms with Crippen molar-refractivity contribution >= 4 is 34.5 Å². The number of pyridine rings is 1. The number of carbonyl (C=O) groups excluding carboxylic acids is 3. The van der Waals surface area contributed by atoms with Crippen LogP contribution < -0.4 is 9.64 Å². The highest BCUT2D eigenvalue weighted by Gasteiger charge is 2.55. The van der Waals surface area contributed by atoms with E-state index in [-0.39, 0.29) is 24.6 Å². The Hall–Kier alpha value is -3.40. The average molecular weight is 549 g/mol. The Morgan fingerprint density at radius 1 is 1.13 bits per heavy atom. The van der Waals surface area contributed by atoms with Gasteiger partial charge in [-0.2, -0.15) is 11.3 Å². The number of Topliss-reactive ketones (excluding diaryl/α,β-unsaturated/α-hetero) is 2. The molecule has 204 valence electrons. The summed E-state index contributed by atoms with van der Waals surface area (Å²) in [4.78, 5) is 46.9. The van der Waals surface area contributed by atoms with Gasteiger partial charge in [-0.15, -0.1) is 0 Å². The van der Waals surface area contributed by atoms with E-state index in [1.54, 1.807) is 55.6 Å². The van der Waals surface area contributed by atoms with Crippen LogP contribution in [0.5, 0.6) is 5.88 Å². The molecule has 3 unspecified atom stereocenters. The Balaban J connectivity index is 1.50. The van der Waals surface area contributed by atoms with Crippen LogP contribution in [0.4, 0.5) is 5.69 Å². The van der Waals surface area contributed by atoms with Crippen molar-refractivity contribution in [2.45, 2.75) is 45.4 Å². The summed E-state index contributed by atoms with van der Waals surface area (Å²) in [5.41, 5.74) is 2.02. The van der Waals surface area contributed by atoms with Gasteiger partial charge in [-0.05, 0) is 71.5 Å². The smallest absolute Gasteiger partial charge is 0.295 e. The molecule has 5 rings (SSSR count). The zero-order valence-corrected chi connectivity index (χ0v) is 23.1. The number of ether oxygens (including phenoxy) is 3. The second-order valence-corrected chi connectivity index (χ2v) is 11.3. The Bertz CT molecular complexity index is 1330. The predicted octanol–water partition coefficient (Wildman–Crippen LogP) is 5.23. The lowest BCUT2D eigenvalue weighted by Crippen LogP contribution is -2.41. The standard InChI is InChI=1S/C30H32N2O6S/c1-30(2,18-38-23-8-4-5-15-37-23)27(34)24-25(22-7-6-14-31-28(22)36-3)32(29(35)26(24)33)21-11-9-19(10-12-21)20-13-16-39-17-20/h6-7,9-14,16-17,23-25H,4-5,8,15,18H2,1-3H3. The van der Waals surface area contributed by atoms with Crippen molar-refractivity contribution in [1.29, 1.82) is 0 Å². The fraction of sp³-hybridized carbons (Fsp3) is 0.400. The molecule has 0 bridgehead atoms. The molecule has 0 aliphatic carbocycles. The molecule has 39 heavy (non-hydrogen) atoms. The summed E-state index contributed by atoms with van der Waals surface area (Å²) in [5, 5.41) is 4.04. The average Bonchev–Trinajstić information content (AvgIpc) is 3.59. The monoisotopic (exact) mass is 548 g/mol. The molecule has 2 aromatic heterocycles. The fourth-order valence-corrected chi connectivity index (χ4v) is 5.87. The van der Waals surface area contributed by atoms with Gasteiger partial charge in [0.15, 0.2) is 12.1 Å². The number of ketones is 2. The topological polar surface area (TPSA) is 95.0 Å². The second kappa shape index (κ2) is 11.4. The zero-order chi connectivity index (χ0) is 27.6. The van der Waals surface area contributed by atoms with E-state index in [0.29, 0.717) is 17.9 Å². The summed E-state index contributed by atoms with van der Waals surface area (Å²) in [7, 11) is 1.48. The number of aromatic nitrogens is 1. The van der Waals surface area contributed by atoms with Crippen molar-refractivity contribution in [1.82, 2.24) is 4.98 Å². The Kier molecular flexibility index (Phi) is 7.93. The van der Waals surface area contributed by atoms with E-state index >= 15 is 0 Å². The molecule has 4 heterocycles. The minimum absolute atomic E-state index is 0.0701. The van der Waals surface area contributed by atoms with Crippen LogP contribution in [0.15, 0.2) is 59.4 Å². The van der Waals surface area contributed by atoms with Gasteiger partial charge in [-0.3, -0.25) is 19.3 Å². The number of methoxy groups -OCH3 is 1. The summed E-state index contributed by atoms with van der Waals surface area (Å²) in [5.74, 6) is -2.85. The Morgan fingerprint density at radius 2 is 1.92 bits per heavy atom. The number of rotatable bonds is 9. The highest BCUT2D eigenvalue weighted by molar-refractivity contribution is 7.08. The summed E-state index contributed by atoms with van der Waals surface area (Å²) < 4.78 is 17.1. The molecular formula is C30H32N2O6S. The number of hydrogen-bond acceptors (Lipinski definition) is 8. The van der Waals surface area contributed by atoms with E-state index in [1.807, 2.05) is 29.0 Å². The number of anilines is 1. The van der Waals surface area contributed by atoms with Crippen molar-refractivity contribution in [2.75, 3.05) is 25.2 Å². The molecule has 0 radical (unpaired) electrons. The number of amides is 1. The number of benzene rings is 1. The number of thiophene rings is 1. The maximum absolute atomic E-state index is 14.1. The molecular weight excluding hydrogens is 516 g/mol. The summed E-state index contributed by atoms with van der Waals surface area (Å²) in [6.45, 7) is 4.18. The minimum Gasteiger partial charge on any atom is -0.481 e. The molecule has 0 spiro atoms. The van der Waals surface area contributed by atoms with Crippen molar-refractivity contribution in [3.05, 3.63) is 65.0 Å². The Morgan fingerprint density at radius 3 is 2.59 bits per heavy atom. The molecule has 2 saturated heterocycles. The summed E-state index contributed by atoms with van der Waals surface area (Å²) in [6, 6.07) is 12.0. The van der Waals surface area contributed by atoms with Gasteiger partial charge in [-0.25, -0.2) is 4.98 Å². The molecule has 2 aliphatic heterocycles. The van der Waals surface area contributed by atoms with Crippen LogP contribution in [0.2, 0.25) is 0 Å². The van der Waals surface area contributed by atoms with E-state index in [4.69, 9.17) is 14.2 Å². The zero-order valence-electron chi connectivity index (χ0n) is 22.3. The fourth-order valence-electron chi connectivity index (χ4n) is 5.21. The van der Waals surface area contributed by atoms with Gasteiger partial charge < -0.3 is 14.2 Å². The third-order valence-corrected chi connectivity index (χ3v) is 8.02. The van der Waals surface area contributed by atoms with E-state index in [0.717, 1.165) is 30.4 Å². The number of hydrogen-bond donors (Lipinski definition) is 0. The molecule has 3 aromatic rings. The van der Waals surface area contributed by atoms with Gasteiger partial charge >= 0.3 is 0 Å². The van der Waals surface area contributed by atoms with Crippen LogP contribution in [-0.2, 0) is 23.9 Å². The van der Waals surface area contributed by atoms with Crippen molar-refractivity contribution in [2.24, 2.45) is 11.3 Å². The Labute approximate surface area is 231 Å². The first-order valence-electron chi connectivity index (χ1n) is 13.1. The molecule has 2 aliphatic rings. The van der Waals surface area contributed by atoms with E-state index in [1.165, 1.54) is 12.0 Å². The lowest BCUT2D eigenvalue weighted by molar-refractivity contribution is -0.179. The van der Waals surface area contributed by atoms with Gasteiger partial charge in [0.25, 0.3) is 5.91 Å². The molecule has 3 atom stereocenters. The lowest BCUT2D eigenvalue weighted by atomic mass is 9.77. The van der Waals surface area contributed by atoms with Crippen LogP contribution in [-0.4, -0.2) is 49.1 Å². The van der Waals surface area contributed by atoms with E-state index in [9.17, 15) is 14.4 Å². The molecule has 8 nitrogen and oxygen atoms in total. The maximum atomic E-state index is 14.1. The summed E-state index contributed by atoms with van der Waals surface area (Å²) >= 11 is 1.60. The van der Waals surface area contributed by atoms with Crippen LogP contribution in [0.3, 0.4) is 0 Å². The van der Waals surface area contributed by atoms with Crippen LogP contribution in [0.25, 0.3) is 11.1 Å². The number of carbonyl (C=O) groups is 3. The molecule has 0 saturated carbocycles. The maximum Gasteiger partial charge on any atom is 0.295 e. The third-order valence-electron chi connectivity index (χ3n) is 7.34. The molecule has 2 fully saturated rings. The molecule has 9 heteroatoms. The highest BCUT2D eigenvalue weighted by atomic mass is 32.1. The highest BCUT2D eigenvalue weighted by Crippen LogP contribution is 2.45. The van der Waals surface area contributed by atoms with Gasteiger partial charge in [-0.1, -0.05) is 26.0 Å². The van der Waals surface area contributed by atoms with Gasteiger partial charge in [0.2, 0.25) is 11.7 Å². The quantitative estimate of drug-likeness (QED) is 0.267. The summed E-state index contributed by atoms with van der Waals surface area (Å²) in [6.07, 6.45) is 3.94. The molecule has 1 aromatic carbocycles. The van der Waals surface area contributed by atoms with Crippen molar-refractivity contribution in [3.63, 3.8) is 0 Å². The first-order valence-corrected chi connectivity index (χ1v) is 14.0. The predicted molar refractivity (Wildman–Crippen MR) is 148 cm³/mol. The van der Waals surface area contributed by atoms with Crippen molar-refractivity contribution in [3.8, 4) is 17.0 Å². The first kappa shape index (κ1) is 27.2. The largest absolute Gasteiger partial charge is 0.481 e. The van der Waals surface area contributed by atoms with Crippen LogP contribution in [0, 0.1) is 11.3 Å². The van der Waals surface area contributed by atoms with Crippen molar-refractivity contribution < 1.29 is 28.6 Å². The molecule has 1 amide bonds. The van der Waals surface area contributed by atoms with E-state index in [2.05, 4.69) is 4.98 Å². The van der Waals surface area contributed by atoms with E-state index < -0.39 is 29.1 Å². The van der Waals surface area contributed by atoms with Crippen LogP contribution >= 0.6 is 11.3 Å². The SMILES string of the molecule is COc1ncccc1C1C(C(=O)C(C)(C)COC2CCCCO2)C(=O)C(=O)N1c1ccc(-c2ccsc2)cc1. The third kappa shape index (κ3) is 5.39. The second-order valence-electron chi connectivity index (χ2n) is 10.5.